The number of nitrogens with zero attached hydrogens (tertiary/aromatic N) is 8. The average Bonchev–Trinajstić information content (AvgIpc) is 4.04. The molecule has 296 valence electrons. The maximum absolute atomic E-state index is 14.5. The fraction of sp³-hybridized carbons (Fsp3) is 0.421. The molecule has 0 spiro atoms. The number of hydrogen-bond donors (Lipinski definition) is 1. The number of benzene rings is 2. The van der Waals surface area contributed by atoms with Crippen LogP contribution in [0.25, 0.3) is 5.69 Å². The molecule has 4 aromatic rings. The van der Waals surface area contributed by atoms with Gasteiger partial charge in [-0.05, 0) is 60.6 Å². The van der Waals surface area contributed by atoms with Gasteiger partial charge in [-0.25, -0.2) is 8.42 Å². The normalized spacial score (nSPS) is 16.6. The Morgan fingerprint density at radius 3 is 1.89 bits per heavy atom. The Morgan fingerprint density at radius 2 is 1.36 bits per heavy atom. The second-order valence-electron chi connectivity index (χ2n) is 14.2. The lowest BCUT2D eigenvalue weighted by molar-refractivity contribution is -0.648. The number of aromatic nitrogens is 4. The summed E-state index contributed by atoms with van der Waals surface area (Å²) in [6, 6.07) is 19.2. The lowest BCUT2D eigenvalue weighted by Crippen LogP contribution is -2.54. The van der Waals surface area contributed by atoms with E-state index in [9.17, 15) is 31.2 Å². The maximum atomic E-state index is 14.5. The predicted molar refractivity (Wildman–Crippen MR) is 204 cm³/mol. The number of hydrogen-bond acceptors (Lipinski definition) is 9. The Bertz CT molecular complexity index is 2170. The standard InChI is InChI=1S/C38H42ClF3N9O4S/c1-2-56(54,55)46-30-11-5-27(6-12-30)24-36(53)50-21-17-48(18-22-50)34-14-13-32(39)45-51(34)31-25-33(43-44-37(31)38(40,41)42)47-15-19-49(20-16-47)35(52)23-26-3-7-28(8-4-26)29-9-10-29/h3-8,11-14,25,29,46H,2,9-10,15-24H2,1H3/q+1. The van der Waals surface area contributed by atoms with Gasteiger partial charge in [-0.2, -0.15) is 13.2 Å². The molecular formula is C38H42ClF3N9O4S+. The summed E-state index contributed by atoms with van der Waals surface area (Å²) in [5, 5.41) is 11.9. The molecule has 3 fully saturated rings. The lowest BCUT2D eigenvalue weighted by Gasteiger charge is -2.35. The predicted octanol–water partition coefficient (Wildman–Crippen LogP) is 4.24. The third-order valence-electron chi connectivity index (χ3n) is 10.3. The molecule has 1 aliphatic carbocycles. The summed E-state index contributed by atoms with van der Waals surface area (Å²) in [7, 11) is -3.43. The number of nitrogens with one attached hydrogen (secondary N) is 1. The molecule has 2 aromatic heterocycles. The highest BCUT2D eigenvalue weighted by atomic mass is 35.5. The van der Waals surface area contributed by atoms with Crippen LogP contribution in [0.5, 0.6) is 0 Å². The Kier molecular flexibility index (Phi) is 11.4. The molecule has 2 aliphatic heterocycles. The van der Waals surface area contributed by atoms with Crippen LogP contribution in [0.2, 0.25) is 5.15 Å². The van der Waals surface area contributed by atoms with Gasteiger partial charge in [-0.15, -0.1) is 10.2 Å². The first-order valence-corrected chi connectivity index (χ1v) is 20.6. The summed E-state index contributed by atoms with van der Waals surface area (Å²) in [4.78, 5) is 33.4. The molecule has 18 heteroatoms. The Morgan fingerprint density at radius 1 is 0.804 bits per heavy atom. The highest BCUT2D eigenvalue weighted by Gasteiger charge is 2.41. The van der Waals surface area contributed by atoms with Gasteiger partial charge in [-0.1, -0.05) is 57.8 Å². The molecule has 2 saturated heterocycles. The maximum Gasteiger partial charge on any atom is 0.439 e. The summed E-state index contributed by atoms with van der Waals surface area (Å²) < 4.78 is 70.7. The van der Waals surface area contributed by atoms with E-state index < -0.39 is 21.9 Å². The van der Waals surface area contributed by atoms with E-state index in [1.165, 1.54) is 37.5 Å². The summed E-state index contributed by atoms with van der Waals surface area (Å²) in [6.07, 6.45) is -2.07. The number of carbonyl (C=O) groups is 2. The molecule has 0 bridgehead atoms. The highest BCUT2D eigenvalue weighted by molar-refractivity contribution is 7.92. The molecule has 2 aromatic carbocycles. The monoisotopic (exact) mass is 812 g/mol. The van der Waals surface area contributed by atoms with Crippen LogP contribution in [0.3, 0.4) is 0 Å². The molecule has 4 heterocycles. The molecular weight excluding hydrogens is 771 g/mol. The minimum absolute atomic E-state index is 0.0123. The zero-order valence-electron chi connectivity index (χ0n) is 30.8. The van der Waals surface area contributed by atoms with E-state index in [1.807, 2.05) is 17.0 Å². The summed E-state index contributed by atoms with van der Waals surface area (Å²) in [6.45, 7) is 4.20. The van der Waals surface area contributed by atoms with Gasteiger partial charge >= 0.3 is 12.0 Å². The van der Waals surface area contributed by atoms with Gasteiger partial charge in [-0.3, -0.25) is 19.2 Å². The molecule has 3 aliphatic rings. The van der Waals surface area contributed by atoms with Crippen molar-refractivity contribution in [1.82, 2.24) is 25.1 Å². The SMILES string of the molecule is CCS(=O)(=O)Nc1ccc(CC(=O)N2CCN(c3ccc(Cl)n[n+]3-c3cc(N4CCN(C(=O)Cc5ccc(C6CC6)cc5)CC4)nnc3C(F)(F)F)CC2)cc1. The highest BCUT2D eigenvalue weighted by Crippen LogP contribution is 2.40. The minimum atomic E-state index is -4.86. The van der Waals surface area contributed by atoms with Gasteiger partial charge in [0.15, 0.2) is 16.7 Å². The van der Waals surface area contributed by atoms with Gasteiger partial charge in [0.25, 0.3) is 0 Å². The lowest BCUT2D eigenvalue weighted by atomic mass is 10.1. The first-order valence-electron chi connectivity index (χ1n) is 18.5. The Balaban J connectivity index is 1.02. The van der Waals surface area contributed by atoms with Crippen molar-refractivity contribution in [1.29, 1.82) is 0 Å². The number of anilines is 3. The topological polar surface area (TPSA) is 136 Å². The van der Waals surface area contributed by atoms with Crippen LogP contribution in [0, 0.1) is 0 Å². The second-order valence-corrected chi connectivity index (χ2v) is 16.6. The van der Waals surface area contributed by atoms with E-state index >= 15 is 0 Å². The van der Waals surface area contributed by atoms with E-state index in [4.69, 9.17) is 11.6 Å². The van der Waals surface area contributed by atoms with Gasteiger partial charge < -0.3 is 14.7 Å². The number of rotatable bonds is 11. The Labute approximate surface area is 328 Å². The van der Waals surface area contributed by atoms with Gasteiger partial charge in [0.05, 0.1) is 31.7 Å². The van der Waals surface area contributed by atoms with E-state index in [0.29, 0.717) is 75.3 Å². The van der Waals surface area contributed by atoms with Crippen molar-refractivity contribution in [3.63, 3.8) is 0 Å². The van der Waals surface area contributed by atoms with Crippen molar-refractivity contribution >= 4 is 50.8 Å². The molecule has 0 unspecified atom stereocenters. The van der Waals surface area contributed by atoms with Gasteiger partial charge in [0.1, 0.15) is 13.1 Å². The quantitative estimate of drug-likeness (QED) is 0.221. The zero-order valence-corrected chi connectivity index (χ0v) is 32.3. The second kappa shape index (κ2) is 16.2. The number of piperazine rings is 2. The van der Waals surface area contributed by atoms with Crippen LogP contribution in [0.15, 0.2) is 66.7 Å². The van der Waals surface area contributed by atoms with Crippen LogP contribution in [0.4, 0.5) is 30.5 Å². The molecule has 2 amide bonds. The molecule has 0 radical (unpaired) electrons. The zero-order chi connectivity index (χ0) is 39.6. The molecule has 1 saturated carbocycles. The van der Waals surface area contributed by atoms with Crippen LogP contribution >= 0.6 is 11.6 Å². The van der Waals surface area contributed by atoms with Crippen molar-refractivity contribution < 1.29 is 35.9 Å². The fourth-order valence-electron chi connectivity index (χ4n) is 6.91. The number of carbonyl (C=O) groups excluding carboxylic acids is 2. The molecule has 13 nitrogen and oxygen atoms in total. The first-order chi connectivity index (χ1) is 26.8. The number of amides is 2. The van der Waals surface area contributed by atoms with E-state index in [1.54, 1.807) is 45.0 Å². The summed E-state index contributed by atoms with van der Waals surface area (Å²) in [5.74, 6) is 0.965. The van der Waals surface area contributed by atoms with E-state index in [2.05, 4.69) is 32.2 Å². The fourth-order valence-corrected chi connectivity index (χ4v) is 7.69. The third kappa shape index (κ3) is 9.32. The van der Waals surface area contributed by atoms with Crippen molar-refractivity contribution in [3.05, 3.63) is 94.3 Å². The number of halogens is 4. The summed E-state index contributed by atoms with van der Waals surface area (Å²) >= 11 is 6.28. The molecule has 7 rings (SSSR count). The third-order valence-corrected chi connectivity index (χ3v) is 11.8. The summed E-state index contributed by atoms with van der Waals surface area (Å²) in [5.41, 5.74) is 1.78. The number of alkyl halides is 3. The number of sulfonamides is 1. The van der Waals surface area contributed by atoms with Crippen LogP contribution in [-0.2, 0) is 38.6 Å². The van der Waals surface area contributed by atoms with E-state index in [0.717, 1.165) is 10.2 Å². The van der Waals surface area contributed by atoms with Crippen LogP contribution < -0.4 is 19.2 Å². The van der Waals surface area contributed by atoms with Crippen LogP contribution in [0.1, 0.15) is 48.1 Å². The molecule has 1 N–H and O–H groups in total. The van der Waals surface area contributed by atoms with Crippen molar-refractivity contribution in [2.45, 2.75) is 44.7 Å². The largest absolute Gasteiger partial charge is 0.439 e. The minimum Gasteiger partial charge on any atom is -0.351 e. The average molecular weight is 813 g/mol. The van der Waals surface area contributed by atoms with Crippen LogP contribution in [-0.4, -0.2) is 103 Å². The Hall–Kier alpha value is -5.03. The van der Waals surface area contributed by atoms with Gasteiger partial charge in [0, 0.05) is 44.0 Å². The first kappa shape index (κ1) is 39.2. The molecule has 0 atom stereocenters. The van der Waals surface area contributed by atoms with Crippen molar-refractivity contribution in [2.75, 3.05) is 72.6 Å². The van der Waals surface area contributed by atoms with Gasteiger partial charge in [0.2, 0.25) is 27.5 Å². The molecule has 56 heavy (non-hydrogen) atoms. The van der Waals surface area contributed by atoms with Crippen molar-refractivity contribution in [3.8, 4) is 5.69 Å². The smallest absolute Gasteiger partial charge is 0.351 e. The van der Waals surface area contributed by atoms with E-state index in [-0.39, 0.29) is 47.1 Å². The van der Waals surface area contributed by atoms with Crippen molar-refractivity contribution in [2.24, 2.45) is 0 Å².